The number of piperidine rings is 1. The number of halogens is 1. The van der Waals surface area contributed by atoms with Crippen LogP contribution in [-0.4, -0.2) is 60.9 Å². The number of nitro groups is 1. The van der Waals surface area contributed by atoms with Crippen LogP contribution in [0.1, 0.15) is 40.5 Å². The fraction of sp³-hybridized carbons (Fsp3) is 0.667. The van der Waals surface area contributed by atoms with Gasteiger partial charge >= 0.3 is 11.8 Å². The number of nitrogens with zero attached hydrogens (tertiary/aromatic N) is 2. The second-order valence-electron chi connectivity index (χ2n) is 9.88. The van der Waals surface area contributed by atoms with Crippen molar-refractivity contribution in [3.63, 3.8) is 0 Å². The fourth-order valence-corrected chi connectivity index (χ4v) is 5.08. The smallest absolute Gasteiger partial charge is 0.412 e. The van der Waals surface area contributed by atoms with Crippen LogP contribution in [0.4, 0.5) is 16.2 Å². The van der Waals surface area contributed by atoms with Crippen molar-refractivity contribution < 1.29 is 24.0 Å². The fourth-order valence-electron chi connectivity index (χ4n) is 3.19. The van der Waals surface area contributed by atoms with Crippen LogP contribution in [0, 0.1) is 10.1 Å². The highest BCUT2D eigenvalue weighted by atomic mass is 79.9. The van der Waals surface area contributed by atoms with Gasteiger partial charge in [0.1, 0.15) is 5.69 Å². The van der Waals surface area contributed by atoms with E-state index in [4.69, 9.17) is 9.16 Å². The molecule has 1 fully saturated rings. The van der Waals surface area contributed by atoms with Gasteiger partial charge in [0.25, 0.3) is 0 Å². The molecule has 0 bridgehead atoms. The molecule has 0 saturated carbocycles. The molecule has 1 aliphatic rings. The summed E-state index contributed by atoms with van der Waals surface area (Å²) in [5, 5.41) is 24.8. The Labute approximate surface area is 198 Å². The Hall–Kier alpha value is -1.69. The van der Waals surface area contributed by atoms with Crippen molar-refractivity contribution in [2.45, 2.75) is 70.6 Å². The van der Waals surface area contributed by atoms with Gasteiger partial charge in [-0.1, -0.05) is 26.8 Å². The van der Waals surface area contributed by atoms with Gasteiger partial charge in [-0.2, -0.15) is 0 Å². The van der Waals surface area contributed by atoms with Crippen molar-refractivity contribution in [2.75, 3.05) is 25.0 Å². The topological polar surface area (TPSA) is 114 Å². The zero-order valence-electron chi connectivity index (χ0n) is 19.6. The molecular weight excluding hydrogens is 498 g/mol. The van der Waals surface area contributed by atoms with Gasteiger partial charge in [0.05, 0.1) is 22.0 Å². The molecular formula is C21H34BrN3O6Si. The van der Waals surface area contributed by atoms with Crippen molar-refractivity contribution in [1.29, 1.82) is 0 Å². The first-order chi connectivity index (χ1) is 14.6. The predicted octanol–water partition coefficient (Wildman–Crippen LogP) is 5.10. The Bertz CT molecular complexity index is 843. The van der Waals surface area contributed by atoms with Crippen LogP contribution in [0.5, 0.6) is 0 Å². The first-order valence-electron chi connectivity index (χ1n) is 10.7. The molecule has 11 heteroatoms. The lowest BCUT2D eigenvalue weighted by atomic mass is 10.1. The third kappa shape index (κ3) is 6.90. The molecule has 2 N–H and O–H groups in total. The second-order valence-corrected chi connectivity index (χ2v) is 15.5. The minimum Gasteiger partial charge on any atom is -0.415 e. The quantitative estimate of drug-likeness (QED) is 0.217. The molecule has 1 heterocycles. The number of amides is 1. The molecule has 0 aliphatic carbocycles. The molecule has 180 valence electrons. The first-order valence-corrected chi connectivity index (χ1v) is 14.4. The Morgan fingerprint density at radius 1 is 1.38 bits per heavy atom. The number of nitro benzene ring substituents is 1. The Kier molecular flexibility index (Phi) is 8.35. The average molecular weight is 533 g/mol. The Balaban J connectivity index is 1.98. The number of aliphatic hydroxyl groups is 1. The van der Waals surface area contributed by atoms with Crippen LogP contribution < -0.4 is 5.32 Å². The highest BCUT2D eigenvalue weighted by molar-refractivity contribution is 9.10. The number of hydrogen-bond donors (Lipinski definition) is 2. The van der Waals surface area contributed by atoms with Crippen molar-refractivity contribution in [1.82, 2.24) is 4.90 Å². The van der Waals surface area contributed by atoms with Crippen LogP contribution in [0.25, 0.3) is 0 Å². The number of carbonyl (C=O) groups excluding carboxylic acids is 1. The lowest BCUT2D eigenvalue weighted by molar-refractivity contribution is -0.384. The van der Waals surface area contributed by atoms with Gasteiger partial charge in [-0.05, 0) is 59.0 Å². The van der Waals surface area contributed by atoms with Crippen LogP contribution >= 0.6 is 15.9 Å². The van der Waals surface area contributed by atoms with Gasteiger partial charge in [-0.15, -0.1) is 0 Å². The van der Waals surface area contributed by atoms with Crippen LogP contribution in [0.15, 0.2) is 22.7 Å². The van der Waals surface area contributed by atoms with E-state index < -0.39 is 25.1 Å². The number of nitrogens with one attached hydrogen (secondary N) is 1. The summed E-state index contributed by atoms with van der Waals surface area (Å²) in [6.45, 7) is 12.9. The maximum absolute atomic E-state index is 12.7. The minimum atomic E-state index is -1.97. The summed E-state index contributed by atoms with van der Waals surface area (Å²) >= 11 is 3.15. The molecule has 2 rings (SSSR count). The highest BCUT2D eigenvalue weighted by Gasteiger charge is 2.41. The number of anilines is 1. The van der Waals surface area contributed by atoms with E-state index in [9.17, 15) is 20.0 Å². The number of hydrogen-bond acceptors (Lipinski definition) is 7. The van der Waals surface area contributed by atoms with Gasteiger partial charge in [0.15, 0.2) is 8.32 Å². The van der Waals surface area contributed by atoms with E-state index in [2.05, 4.69) is 55.1 Å². The number of likely N-dealkylation sites (tertiary alicyclic amines) is 1. The third-order valence-electron chi connectivity index (χ3n) is 5.99. The third-order valence-corrected chi connectivity index (χ3v) is 11.2. The minimum absolute atomic E-state index is 0.0652. The molecule has 0 radical (unpaired) electrons. The van der Waals surface area contributed by atoms with Crippen molar-refractivity contribution in [3.05, 3.63) is 32.8 Å². The van der Waals surface area contributed by atoms with E-state index in [-0.39, 0.29) is 29.1 Å². The monoisotopic (exact) mass is 531 g/mol. The predicted molar refractivity (Wildman–Crippen MR) is 129 cm³/mol. The largest absolute Gasteiger partial charge is 0.415 e. The number of para-hydroxylation sites is 1. The standard InChI is InChI=1S/C21H34BrN3O6Si/c1-20(2,3)32(5,6)31-15-9-8-12-24(13-15)19(26)30-21(4,27)14-23-17-11-7-10-16(22)18(17)25(28)29/h7,10-11,15,23,27H,8-9,12-14H2,1-6H3/t15?,21-/m1/s1. The van der Waals surface area contributed by atoms with Crippen LogP contribution in [0.2, 0.25) is 18.1 Å². The lowest BCUT2D eigenvalue weighted by Crippen LogP contribution is -2.52. The van der Waals surface area contributed by atoms with E-state index in [0.29, 0.717) is 17.6 Å². The maximum atomic E-state index is 12.7. The highest BCUT2D eigenvalue weighted by Crippen LogP contribution is 2.38. The molecule has 0 spiro atoms. The first kappa shape index (κ1) is 26.6. The van der Waals surface area contributed by atoms with E-state index in [0.717, 1.165) is 12.8 Å². The molecule has 1 saturated heterocycles. The summed E-state index contributed by atoms with van der Waals surface area (Å²) in [5.41, 5.74) is 0.0535. The average Bonchev–Trinajstić information content (AvgIpc) is 2.64. The Morgan fingerprint density at radius 3 is 2.62 bits per heavy atom. The summed E-state index contributed by atoms with van der Waals surface area (Å²) in [7, 11) is -1.97. The number of ether oxygens (including phenoxy) is 1. The summed E-state index contributed by atoms with van der Waals surface area (Å²) in [5.74, 6) is -1.86. The molecule has 2 atom stereocenters. The normalized spacial score (nSPS) is 19.2. The van der Waals surface area contributed by atoms with Gasteiger partial charge in [0.2, 0.25) is 5.79 Å². The SMILES string of the molecule is CC(C)(C)[Si](C)(C)OC1CCCN(C(=O)O[C@@](C)(O)CNc2cccc(Br)c2[N+](=O)[O-])C1. The summed E-state index contributed by atoms with van der Waals surface area (Å²) < 4.78 is 12.1. The molecule has 32 heavy (non-hydrogen) atoms. The zero-order valence-corrected chi connectivity index (χ0v) is 22.2. The summed E-state index contributed by atoms with van der Waals surface area (Å²) in [6, 6.07) is 4.71. The van der Waals surface area contributed by atoms with E-state index >= 15 is 0 Å². The molecule has 1 aromatic carbocycles. The number of rotatable bonds is 7. The summed E-state index contributed by atoms with van der Waals surface area (Å²) in [4.78, 5) is 25.1. The van der Waals surface area contributed by atoms with Crippen molar-refractivity contribution >= 4 is 41.7 Å². The number of carbonyl (C=O) groups is 1. The van der Waals surface area contributed by atoms with Gasteiger partial charge in [-0.3, -0.25) is 10.1 Å². The zero-order chi connectivity index (χ0) is 24.3. The molecule has 1 aliphatic heterocycles. The van der Waals surface area contributed by atoms with Crippen molar-refractivity contribution in [3.8, 4) is 0 Å². The summed E-state index contributed by atoms with van der Waals surface area (Å²) in [6.07, 6.45) is 0.966. The molecule has 1 amide bonds. The lowest BCUT2D eigenvalue weighted by Gasteiger charge is -2.42. The van der Waals surface area contributed by atoms with E-state index in [1.54, 1.807) is 17.0 Å². The van der Waals surface area contributed by atoms with E-state index in [1.165, 1.54) is 13.0 Å². The van der Waals surface area contributed by atoms with Crippen LogP contribution in [-0.2, 0) is 9.16 Å². The molecule has 9 nitrogen and oxygen atoms in total. The molecule has 1 aromatic rings. The Morgan fingerprint density at radius 2 is 2.03 bits per heavy atom. The van der Waals surface area contributed by atoms with E-state index in [1.807, 2.05) is 0 Å². The molecule has 1 unspecified atom stereocenters. The van der Waals surface area contributed by atoms with Crippen LogP contribution in [0.3, 0.4) is 0 Å². The second kappa shape index (κ2) is 10.1. The number of benzene rings is 1. The van der Waals surface area contributed by atoms with Crippen molar-refractivity contribution in [2.24, 2.45) is 0 Å². The van der Waals surface area contributed by atoms with Gasteiger partial charge < -0.3 is 24.5 Å². The maximum Gasteiger partial charge on any atom is 0.412 e. The molecule has 0 aromatic heterocycles. The van der Waals surface area contributed by atoms with Gasteiger partial charge in [0, 0.05) is 20.0 Å². The van der Waals surface area contributed by atoms with Gasteiger partial charge in [-0.25, -0.2) is 4.79 Å².